The minimum Gasteiger partial charge on any atom is -0.354 e. The average molecular weight is 217 g/mol. The van der Waals surface area contributed by atoms with Crippen LogP contribution in [0.2, 0.25) is 0 Å². The number of allylic oxidation sites excluding steroid dienone is 3. The van der Waals surface area contributed by atoms with Crippen LogP contribution in [0.1, 0.15) is 20.3 Å². The van der Waals surface area contributed by atoms with E-state index in [1.54, 1.807) is 0 Å². The molecule has 0 atom stereocenters. The summed E-state index contributed by atoms with van der Waals surface area (Å²) < 4.78 is 0. The van der Waals surface area contributed by atoms with Crippen molar-refractivity contribution in [3.8, 4) is 0 Å². The van der Waals surface area contributed by atoms with E-state index in [-0.39, 0.29) is 0 Å². The van der Waals surface area contributed by atoms with Crippen LogP contribution in [0.15, 0.2) is 51.9 Å². The summed E-state index contributed by atoms with van der Waals surface area (Å²) in [6.45, 7) is 4.24. The van der Waals surface area contributed by atoms with E-state index in [1.807, 2.05) is 18.7 Å². The Kier molecular flexibility index (Phi) is 3.17. The second-order valence-electron chi connectivity index (χ2n) is 3.41. The zero-order chi connectivity index (χ0) is 10.7. The molecule has 78 valence electrons. The number of fused-ring (bicyclic) bond motifs is 1. The molecule has 1 heterocycles. The summed E-state index contributed by atoms with van der Waals surface area (Å²) in [7, 11) is 0. The maximum absolute atomic E-state index is 3.47. The molecule has 0 radical (unpaired) electrons. The van der Waals surface area contributed by atoms with Gasteiger partial charge in [0, 0.05) is 15.5 Å². The minimum absolute atomic E-state index is 1.08. The van der Waals surface area contributed by atoms with E-state index in [0.29, 0.717) is 0 Å². The van der Waals surface area contributed by atoms with E-state index in [4.69, 9.17) is 0 Å². The van der Waals surface area contributed by atoms with Gasteiger partial charge in [0.2, 0.25) is 0 Å². The number of nitrogens with one attached hydrogen (secondary N) is 1. The Balaban J connectivity index is 2.37. The molecule has 0 saturated heterocycles. The van der Waals surface area contributed by atoms with Crippen LogP contribution in [-0.2, 0) is 0 Å². The number of rotatable bonds is 2. The summed E-state index contributed by atoms with van der Waals surface area (Å²) in [5.74, 6) is 0. The number of anilines is 1. The van der Waals surface area contributed by atoms with Gasteiger partial charge in [-0.1, -0.05) is 36.9 Å². The van der Waals surface area contributed by atoms with Crippen LogP contribution in [0.25, 0.3) is 0 Å². The van der Waals surface area contributed by atoms with E-state index in [9.17, 15) is 0 Å². The summed E-state index contributed by atoms with van der Waals surface area (Å²) >= 11 is 1.87. The fourth-order valence-electron chi connectivity index (χ4n) is 1.63. The summed E-state index contributed by atoms with van der Waals surface area (Å²) in [5.41, 5.74) is 2.46. The van der Waals surface area contributed by atoms with Crippen LogP contribution >= 0.6 is 11.8 Å². The van der Waals surface area contributed by atoms with E-state index >= 15 is 0 Å². The van der Waals surface area contributed by atoms with Crippen LogP contribution in [0, 0.1) is 0 Å². The molecule has 0 saturated carbocycles. The Morgan fingerprint density at radius 2 is 2.13 bits per heavy atom. The van der Waals surface area contributed by atoms with Crippen molar-refractivity contribution < 1.29 is 0 Å². The lowest BCUT2D eigenvalue weighted by Gasteiger charge is -2.21. The third-order valence-corrected chi connectivity index (χ3v) is 3.68. The average Bonchev–Trinajstić information content (AvgIpc) is 2.28. The first kappa shape index (κ1) is 10.4. The lowest BCUT2D eigenvalue weighted by molar-refractivity contribution is 1.15. The highest BCUT2D eigenvalue weighted by Gasteiger charge is 2.14. The molecule has 1 aliphatic heterocycles. The smallest absolute Gasteiger partial charge is 0.0526 e. The molecule has 1 aromatic rings. The number of benzene rings is 1. The van der Waals surface area contributed by atoms with Crippen molar-refractivity contribution in [1.82, 2.24) is 0 Å². The van der Waals surface area contributed by atoms with Crippen LogP contribution in [-0.4, -0.2) is 0 Å². The summed E-state index contributed by atoms with van der Waals surface area (Å²) in [6.07, 6.45) is 5.29. The Hall–Kier alpha value is -1.15. The van der Waals surface area contributed by atoms with Crippen molar-refractivity contribution in [2.75, 3.05) is 5.32 Å². The minimum atomic E-state index is 1.08. The summed E-state index contributed by atoms with van der Waals surface area (Å²) in [4.78, 5) is 2.73. The zero-order valence-electron chi connectivity index (χ0n) is 9.08. The molecular weight excluding hydrogens is 202 g/mol. The highest BCUT2D eigenvalue weighted by molar-refractivity contribution is 8.03. The maximum Gasteiger partial charge on any atom is 0.0526 e. The number of thioether (sulfide) groups is 1. The van der Waals surface area contributed by atoms with Gasteiger partial charge in [0.05, 0.1) is 5.69 Å². The third kappa shape index (κ3) is 2.10. The molecule has 1 nitrogen and oxygen atoms in total. The fraction of sp³-hybridized carbons (Fsp3) is 0.231. The van der Waals surface area contributed by atoms with Crippen LogP contribution in [0.4, 0.5) is 5.69 Å². The van der Waals surface area contributed by atoms with Crippen molar-refractivity contribution in [2.45, 2.75) is 25.2 Å². The first-order chi connectivity index (χ1) is 7.35. The largest absolute Gasteiger partial charge is 0.354 e. The van der Waals surface area contributed by atoms with E-state index in [1.165, 1.54) is 21.2 Å². The molecule has 15 heavy (non-hydrogen) atoms. The lowest BCUT2D eigenvalue weighted by Crippen LogP contribution is -2.05. The molecule has 0 bridgehead atoms. The van der Waals surface area contributed by atoms with Gasteiger partial charge in [-0.05, 0) is 31.6 Å². The van der Waals surface area contributed by atoms with Crippen molar-refractivity contribution in [1.29, 1.82) is 0 Å². The van der Waals surface area contributed by atoms with Crippen molar-refractivity contribution >= 4 is 17.4 Å². The Morgan fingerprint density at radius 1 is 1.33 bits per heavy atom. The van der Waals surface area contributed by atoms with E-state index in [2.05, 4.69) is 48.7 Å². The molecule has 1 aromatic carbocycles. The number of hydrogen-bond donors (Lipinski definition) is 1. The van der Waals surface area contributed by atoms with Crippen molar-refractivity contribution in [3.05, 3.63) is 47.0 Å². The van der Waals surface area contributed by atoms with Gasteiger partial charge in [-0.15, -0.1) is 0 Å². The van der Waals surface area contributed by atoms with Crippen molar-refractivity contribution in [2.24, 2.45) is 0 Å². The molecule has 2 rings (SSSR count). The Bertz CT molecular complexity index is 418. The second kappa shape index (κ2) is 4.58. The van der Waals surface area contributed by atoms with Gasteiger partial charge < -0.3 is 5.32 Å². The molecular formula is C13H15NS. The SMILES string of the molecule is C/C=C\C1=C(CC)Sc2ccccc2N1. The summed E-state index contributed by atoms with van der Waals surface area (Å²) in [5, 5.41) is 3.47. The first-order valence-electron chi connectivity index (χ1n) is 5.25. The first-order valence-corrected chi connectivity index (χ1v) is 6.06. The molecule has 0 fully saturated rings. The molecule has 2 heteroatoms. The van der Waals surface area contributed by atoms with Crippen molar-refractivity contribution in [3.63, 3.8) is 0 Å². The van der Waals surface area contributed by atoms with Gasteiger partial charge >= 0.3 is 0 Å². The highest BCUT2D eigenvalue weighted by atomic mass is 32.2. The quantitative estimate of drug-likeness (QED) is 0.788. The Labute approximate surface area is 95.3 Å². The van der Waals surface area contributed by atoms with Crippen LogP contribution in [0.3, 0.4) is 0 Å². The molecule has 0 unspecified atom stereocenters. The molecule has 1 aliphatic rings. The lowest BCUT2D eigenvalue weighted by atomic mass is 10.2. The molecule has 0 spiro atoms. The van der Waals surface area contributed by atoms with Crippen LogP contribution < -0.4 is 5.32 Å². The van der Waals surface area contributed by atoms with Gasteiger partial charge in [0.15, 0.2) is 0 Å². The van der Waals surface area contributed by atoms with Gasteiger partial charge in [0.1, 0.15) is 0 Å². The Morgan fingerprint density at radius 3 is 2.87 bits per heavy atom. The number of para-hydroxylation sites is 1. The molecule has 0 aromatic heterocycles. The van der Waals surface area contributed by atoms with Crippen LogP contribution in [0.5, 0.6) is 0 Å². The standard InChI is InChI=1S/C13H15NS/c1-3-7-10-12(4-2)15-13-9-6-5-8-11(13)14-10/h3,5-9,14H,4H2,1-2H3/b7-3-. The molecule has 1 N–H and O–H groups in total. The monoisotopic (exact) mass is 217 g/mol. The van der Waals surface area contributed by atoms with Gasteiger partial charge in [-0.25, -0.2) is 0 Å². The molecule has 0 amide bonds. The topological polar surface area (TPSA) is 12.0 Å². The van der Waals surface area contributed by atoms with Gasteiger partial charge in [0.25, 0.3) is 0 Å². The van der Waals surface area contributed by atoms with E-state index in [0.717, 1.165) is 6.42 Å². The fourth-order valence-corrected chi connectivity index (χ4v) is 2.64. The normalized spacial score (nSPS) is 15.3. The van der Waals surface area contributed by atoms with Gasteiger partial charge in [-0.3, -0.25) is 0 Å². The van der Waals surface area contributed by atoms with E-state index < -0.39 is 0 Å². The summed E-state index contributed by atoms with van der Waals surface area (Å²) in [6, 6.07) is 8.44. The predicted molar refractivity (Wildman–Crippen MR) is 68.1 cm³/mol. The van der Waals surface area contributed by atoms with Gasteiger partial charge in [-0.2, -0.15) is 0 Å². The highest BCUT2D eigenvalue weighted by Crippen LogP contribution is 2.40. The zero-order valence-corrected chi connectivity index (χ0v) is 9.90. The molecule has 0 aliphatic carbocycles. The third-order valence-electron chi connectivity index (χ3n) is 2.34. The number of hydrogen-bond acceptors (Lipinski definition) is 2. The predicted octanol–water partition coefficient (Wildman–Crippen LogP) is 4.40. The second-order valence-corrected chi connectivity index (χ2v) is 4.55. The maximum atomic E-state index is 3.47.